The van der Waals surface area contributed by atoms with E-state index in [0.717, 1.165) is 37.4 Å². The average Bonchev–Trinajstić information content (AvgIpc) is 2.86. The number of likely N-dealkylation sites (tertiary alicyclic amines) is 1. The van der Waals surface area contributed by atoms with Crippen LogP contribution in [0.15, 0.2) is 10.6 Å². The van der Waals surface area contributed by atoms with Crippen LogP contribution >= 0.6 is 0 Å². The van der Waals surface area contributed by atoms with E-state index in [1.807, 2.05) is 17.9 Å². The molecule has 1 aromatic rings. The van der Waals surface area contributed by atoms with E-state index in [9.17, 15) is 4.79 Å². The molecule has 1 amide bonds. The molecule has 0 bridgehead atoms. The largest absolute Gasteiger partial charge is 0.359 e. The lowest BCUT2D eigenvalue weighted by Gasteiger charge is -2.15. The first-order valence-corrected chi connectivity index (χ1v) is 6.15. The lowest BCUT2D eigenvalue weighted by Crippen LogP contribution is -2.38. The molecule has 1 atom stereocenters. The first kappa shape index (κ1) is 12.1. The summed E-state index contributed by atoms with van der Waals surface area (Å²) in [6.07, 6.45) is 1.93. The molecule has 1 aliphatic rings. The molecule has 1 aliphatic heterocycles. The summed E-state index contributed by atoms with van der Waals surface area (Å²) in [7, 11) is 0. The molecule has 2 rings (SSSR count). The summed E-state index contributed by atoms with van der Waals surface area (Å²) in [4.78, 5) is 13.9. The highest BCUT2D eigenvalue weighted by Crippen LogP contribution is 2.15. The van der Waals surface area contributed by atoms with Crippen LogP contribution in [0.3, 0.4) is 0 Å². The van der Waals surface area contributed by atoms with Crippen LogP contribution in [0.2, 0.25) is 0 Å². The van der Waals surface area contributed by atoms with Crippen molar-refractivity contribution in [3.63, 3.8) is 0 Å². The van der Waals surface area contributed by atoms with Gasteiger partial charge < -0.3 is 14.7 Å². The predicted molar refractivity (Wildman–Crippen MR) is 63.4 cm³/mol. The minimum Gasteiger partial charge on any atom is -0.359 e. The van der Waals surface area contributed by atoms with Crippen LogP contribution in [-0.2, 0) is 11.3 Å². The van der Waals surface area contributed by atoms with Crippen molar-refractivity contribution in [3.05, 3.63) is 17.5 Å². The topological polar surface area (TPSA) is 58.4 Å². The molecule has 1 aromatic heterocycles. The maximum absolute atomic E-state index is 12.0. The van der Waals surface area contributed by atoms with Gasteiger partial charge in [0.25, 0.3) is 0 Å². The van der Waals surface area contributed by atoms with Crippen molar-refractivity contribution in [2.75, 3.05) is 13.1 Å². The summed E-state index contributed by atoms with van der Waals surface area (Å²) < 4.78 is 5.13. The third kappa shape index (κ3) is 2.85. The van der Waals surface area contributed by atoms with Crippen LogP contribution in [0, 0.1) is 6.92 Å². The third-order valence-electron chi connectivity index (χ3n) is 2.96. The number of hydrogen-bond donors (Lipinski definition) is 1. The molecule has 0 spiro atoms. The minimum atomic E-state index is -0.0148. The number of rotatable bonds is 5. The zero-order chi connectivity index (χ0) is 12.3. The second-order valence-electron chi connectivity index (χ2n) is 4.49. The van der Waals surface area contributed by atoms with Crippen molar-refractivity contribution in [1.82, 2.24) is 15.4 Å². The van der Waals surface area contributed by atoms with E-state index in [1.165, 1.54) is 0 Å². The fourth-order valence-electron chi connectivity index (χ4n) is 2.08. The van der Waals surface area contributed by atoms with Gasteiger partial charge in [-0.25, -0.2) is 0 Å². The van der Waals surface area contributed by atoms with Crippen molar-refractivity contribution in [2.45, 2.75) is 39.3 Å². The SMILES string of the molecule is CCCNC1CCN(Cc2cc(C)no2)C1=O. The lowest BCUT2D eigenvalue weighted by molar-refractivity contribution is -0.130. The molecule has 0 saturated carbocycles. The summed E-state index contributed by atoms with van der Waals surface area (Å²) >= 11 is 0. The van der Waals surface area contributed by atoms with E-state index in [0.29, 0.717) is 6.54 Å². The van der Waals surface area contributed by atoms with E-state index in [2.05, 4.69) is 17.4 Å². The van der Waals surface area contributed by atoms with Crippen molar-refractivity contribution in [1.29, 1.82) is 0 Å². The Hall–Kier alpha value is -1.36. The van der Waals surface area contributed by atoms with Gasteiger partial charge in [0, 0.05) is 12.6 Å². The molecule has 1 fully saturated rings. The Balaban J connectivity index is 1.89. The van der Waals surface area contributed by atoms with Gasteiger partial charge in [0.15, 0.2) is 5.76 Å². The summed E-state index contributed by atoms with van der Waals surface area (Å²) in [5, 5.41) is 7.09. The monoisotopic (exact) mass is 237 g/mol. The second-order valence-corrected chi connectivity index (χ2v) is 4.49. The molecule has 2 heterocycles. The molecule has 1 unspecified atom stereocenters. The smallest absolute Gasteiger partial charge is 0.240 e. The molecule has 1 N–H and O–H groups in total. The molecule has 5 heteroatoms. The quantitative estimate of drug-likeness (QED) is 0.832. The maximum atomic E-state index is 12.0. The second kappa shape index (κ2) is 5.31. The van der Waals surface area contributed by atoms with E-state index < -0.39 is 0 Å². The third-order valence-corrected chi connectivity index (χ3v) is 2.96. The number of carbonyl (C=O) groups excluding carboxylic acids is 1. The fourth-order valence-corrected chi connectivity index (χ4v) is 2.08. The van der Waals surface area contributed by atoms with Crippen molar-refractivity contribution in [2.24, 2.45) is 0 Å². The number of carbonyl (C=O) groups is 1. The Morgan fingerprint density at radius 1 is 1.65 bits per heavy atom. The highest BCUT2D eigenvalue weighted by atomic mass is 16.5. The normalized spacial score (nSPS) is 20.2. The number of nitrogens with one attached hydrogen (secondary N) is 1. The molecular weight excluding hydrogens is 218 g/mol. The van der Waals surface area contributed by atoms with E-state index in [4.69, 9.17) is 4.52 Å². The van der Waals surface area contributed by atoms with Gasteiger partial charge in [-0.3, -0.25) is 4.79 Å². The highest BCUT2D eigenvalue weighted by Gasteiger charge is 2.31. The summed E-state index contributed by atoms with van der Waals surface area (Å²) in [6, 6.07) is 1.86. The first-order chi connectivity index (χ1) is 8.20. The Bertz CT molecular complexity index is 389. The summed E-state index contributed by atoms with van der Waals surface area (Å²) in [6.45, 7) is 6.20. The first-order valence-electron chi connectivity index (χ1n) is 6.15. The van der Waals surface area contributed by atoms with Gasteiger partial charge >= 0.3 is 0 Å². The number of aryl methyl sites for hydroxylation is 1. The van der Waals surface area contributed by atoms with Crippen molar-refractivity contribution >= 4 is 5.91 Å². The van der Waals surface area contributed by atoms with Crippen LogP contribution in [-0.4, -0.2) is 35.1 Å². The van der Waals surface area contributed by atoms with E-state index in [1.54, 1.807) is 0 Å². The predicted octanol–water partition coefficient (Wildman–Crippen LogP) is 1.08. The van der Waals surface area contributed by atoms with Crippen LogP contribution < -0.4 is 5.32 Å². The lowest BCUT2D eigenvalue weighted by atomic mass is 10.2. The summed E-state index contributed by atoms with van der Waals surface area (Å²) in [5.74, 6) is 0.930. The van der Waals surface area contributed by atoms with Crippen LogP contribution in [0.1, 0.15) is 31.2 Å². The number of amides is 1. The summed E-state index contributed by atoms with van der Waals surface area (Å²) in [5.41, 5.74) is 0.854. The van der Waals surface area contributed by atoms with E-state index in [-0.39, 0.29) is 11.9 Å². The average molecular weight is 237 g/mol. The standard InChI is InChI=1S/C12H19N3O2/c1-3-5-13-11-4-6-15(12(11)16)8-10-7-9(2)14-17-10/h7,11,13H,3-6,8H2,1-2H3. The molecule has 0 aliphatic carbocycles. The molecular formula is C12H19N3O2. The molecule has 0 aromatic carbocycles. The maximum Gasteiger partial charge on any atom is 0.240 e. The van der Waals surface area contributed by atoms with E-state index >= 15 is 0 Å². The number of nitrogens with zero attached hydrogens (tertiary/aromatic N) is 2. The number of aromatic nitrogens is 1. The Morgan fingerprint density at radius 2 is 2.47 bits per heavy atom. The Morgan fingerprint density at radius 3 is 3.12 bits per heavy atom. The highest BCUT2D eigenvalue weighted by molar-refractivity contribution is 5.83. The fraction of sp³-hybridized carbons (Fsp3) is 0.667. The molecule has 0 radical (unpaired) electrons. The number of hydrogen-bond acceptors (Lipinski definition) is 4. The van der Waals surface area contributed by atoms with Crippen LogP contribution in [0.5, 0.6) is 0 Å². The molecule has 94 valence electrons. The van der Waals surface area contributed by atoms with Crippen molar-refractivity contribution in [3.8, 4) is 0 Å². The van der Waals surface area contributed by atoms with Gasteiger partial charge in [0.2, 0.25) is 5.91 Å². The Kier molecular flexibility index (Phi) is 3.78. The molecule has 17 heavy (non-hydrogen) atoms. The molecule has 1 saturated heterocycles. The van der Waals surface area contributed by atoms with Crippen molar-refractivity contribution < 1.29 is 9.32 Å². The van der Waals surface area contributed by atoms with Gasteiger partial charge in [0.05, 0.1) is 18.3 Å². The van der Waals surface area contributed by atoms with Gasteiger partial charge in [-0.15, -0.1) is 0 Å². The van der Waals surface area contributed by atoms with Gasteiger partial charge in [-0.2, -0.15) is 0 Å². The van der Waals surface area contributed by atoms with Crippen LogP contribution in [0.4, 0.5) is 0 Å². The van der Waals surface area contributed by atoms with Crippen LogP contribution in [0.25, 0.3) is 0 Å². The van der Waals surface area contributed by atoms with Gasteiger partial charge in [0.1, 0.15) is 0 Å². The Labute approximate surface area is 101 Å². The van der Waals surface area contributed by atoms with Gasteiger partial charge in [-0.1, -0.05) is 12.1 Å². The van der Waals surface area contributed by atoms with Gasteiger partial charge in [-0.05, 0) is 26.3 Å². The zero-order valence-corrected chi connectivity index (χ0v) is 10.4. The molecule has 5 nitrogen and oxygen atoms in total. The minimum absolute atomic E-state index is 0.0148. The zero-order valence-electron chi connectivity index (χ0n) is 10.4.